The van der Waals surface area contributed by atoms with Crippen LogP contribution in [0, 0.1) is 0 Å². The van der Waals surface area contributed by atoms with Crippen LogP contribution in [0.5, 0.6) is 0 Å². The number of nitrogens with zero attached hydrogens (tertiary/aromatic N) is 2. The molecule has 0 aliphatic rings. The number of nitrogens with two attached hydrogens (primary N) is 1. The number of hydrogen-bond acceptors (Lipinski definition) is 2. The van der Waals surface area contributed by atoms with Gasteiger partial charge in [0.1, 0.15) is 0 Å². The van der Waals surface area contributed by atoms with Gasteiger partial charge in [-0.05, 0) is 31.7 Å². The molecular weight excluding hydrogens is 282 g/mol. The Labute approximate surface area is 132 Å². The van der Waals surface area contributed by atoms with E-state index in [4.69, 9.17) is 17.3 Å². The molecule has 0 amide bonds. The van der Waals surface area contributed by atoms with Crippen LogP contribution in [0.4, 0.5) is 0 Å². The van der Waals surface area contributed by atoms with Gasteiger partial charge in [0.05, 0.1) is 16.4 Å². The average Bonchev–Trinajstić information content (AvgIpc) is 2.82. The molecule has 114 valence electrons. The van der Waals surface area contributed by atoms with E-state index in [9.17, 15) is 0 Å². The average molecular weight is 306 g/mol. The summed E-state index contributed by atoms with van der Waals surface area (Å²) in [5.74, 6) is 0. The van der Waals surface area contributed by atoms with Gasteiger partial charge in [0.25, 0.3) is 0 Å². The molecule has 2 aromatic rings. The van der Waals surface area contributed by atoms with Crippen molar-refractivity contribution in [3.05, 3.63) is 52.3 Å². The zero-order valence-corrected chi connectivity index (χ0v) is 13.6. The van der Waals surface area contributed by atoms with Crippen LogP contribution in [-0.2, 0) is 25.8 Å². The van der Waals surface area contributed by atoms with Crippen molar-refractivity contribution in [3.63, 3.8) is 0 Å². The minimum Gasteiger partial charge on any atom is -0.327 e. The summed E-state index contributed by atoms with van der Waals surface area (Å²) in [6, 6.07) is 10.6. The van der Waals surface area contributed by atoms with E-state index in [1.807, 2.05) is 10.7 Å². The van der Waals surface area contributed by atoms with E-state index in [2.05, 4.69) is 43.2 Å². The monoisotopic (exact) mass is 305 g/mol. The minimum absolute atomic E-state index is 0.106. The molecular formula is C17H24ClN3. The third-order valence-electron chi connectivity index (χ3n) is 3.80. The molecule has 2 rings (SSSR count). The van der Waals surface area contributed by atoms with Gasteiger partial charge in [-0.25, -0.2) is 0 Å². The Morgan fingerprint density at radius 1 is 1.24 bits per heavy atom. The fourth-order valence-electron chi connectivity index (χ4n) is 2.56. The van der Waals surface area contributed by atoms with Gasteiger partial charge in [-0.3, -0.25) is 4.68 Å². The van der Waals surface area contributed by atoms with E-state index < -0.39 is 0 Å². The smallest absolute Gasteiger partial charge is 0.0850 e. The molecule has 1 unspecified atom stereocenters. The number of aromatic nitrogens is 2. The Morgan fingerprint density at radius 3 is 2.57 bits per heavy atom. The fourth-order valence-corrected chi connectivity index (χ4v) is 2.91. The highest BCUT2D eigenvalue weighted by atomic mass is 35.5. The first kappa shape index (κ1) is 16.1. The predicted octanol–water partition coefficient (Wildman–Crippen LogP) is 3.62. The fraction of sp³-hybridized carbons (Fsp3) is 0.471. The molecule has 2 N–H and O–H groups in total. The van der Waals surface area contributed by atoms with Crippen molar-refractivity contribution >= 4 is 11.6 Å². The molecule has 1 atom stereocenters. The predicted molar refractivity (Wildman–Crippen MR) is 88.7 cm³/mol. The second-order valence-corrected chi connectivity index (χ2v) is 5.74. The van der Waals surface area contributed by atoms with E-state index in [0.29, 0.717) is 0 Å². The van der Waals surface area contributed by atoms with Gasteiger partial charge in [0.2, 0.25) is 0 Å². The molecule has 0 radical (unpaired) electrons. The van der Waals surface area contributed by atoms with Crippen molar-refractivity contribution in [1.82, 2.24) is 9.78 Å². The van der Waals surface area contributed by atoms with Crippen LogP contribution in [0.3, 0.4) is 0 Å². The summed E-state index contributed by atoms with van der Waals surface area (Å²) >= 11 is 6.43. The summed E-state index contributed by atoms with van der Waals surface area (Å²) in [5, 5.41) is 5.35. The van der Waals surface area contributed by atoms with E-state index in [-0.39, 0.29) is 6.04 Å². The molecule has 0 saturated carbocycles. The van der Waals surface area contributed by atoms with E-state index in [0.717, 1.165) is 48.6 Å². The van der Waals surface area contributed by atoms with Crippen LogP contribution in [0.25, 0.3) is 0 Å². The number of rotatable bonds is 7. The number of halogens is 1. The highest BCUT2D eigenvalue weighted by Crippen LogP contribution is 2.23. The molecule has 0 fully saturated rings. The first-order valence-electron chi connectivity index (χ1n) is 7.69. The second-order valence-electron chi connectivity index (χ2n) is 5.37. The molecule has 1 aromatic carbocycles. The Morgan fingerprint density at radius 2 is 1.95 bits per heavy atom. The SMILES string of the molecule is CCc1nn(CC)c(CC(N)CCc2ccccc2)c1Cl. The van der Waals surface area contributed by atoms with Crippen molar-refractivity contribution in [2.24, 2.45) is 5.73 Å². The van der Waals surface area contributed by atoms with Crippen LogP contribution in [-0.4, -0.2) is 15.8 Å². The summed E-state index contributed by atoms with van der Waals surface area (Å²) in [7, 11) is 0. The second kappa shape index (κ2) is 7.62. The van der Waals surface area contributed by atoms with Gasteiger partial charge in [-0.2, -0.15) is 5.10 Å². The summed E-state index contributed by atoms with van der Waals surface area (Å²) < 4.78 is 1.99. The lowest BCUT2D eigenvalue weighted by Gasteiger charge is -2.13. The van der Waals surface area contributed by atoms with E-state index in [1.165, 1.54) is 5.56 Å². The van der Waals surface area contributed by atoms with E-state index >= 15 is 0 Å². The highest BCUT2D eigenvalue weighted by Gasteiger charge is 2.16. The Kier molecular flexibility index (Phi) is 5.83. The highest BCUT2D eigenvalue weighted by molar-refractivity contribution is 6.31. The maximum absolute atomic E-state index is 6.43. The normalized spacial score (nSPS) is 12.6. The van der Waals surface area contributed by atoms with E-state index in [1.54, 1.807) is 0 Å². The topological polar surface area (TPSA) is 43.8 Å². The van der Waals surface area contributed by atoms with Crippen molar-refractivity contribution in [3.8, 4) is 0 Å². The summed E-state index contributed by atoms with van der Waals surface area (Å²) in [4.78, 5) is 0. The summed E-state index contributed by atoms with van der Waals surface area (Å²) in [5.41, 5.74) is 9.68. The van der Waals surface area contributed by atoms with Crippen molar-refractivity contribution in [2.45, 2.75) is 52.1 Å². The van der Waals surface area contributed by atoms with Crippen LogP contribution in [0.1, 0.15) is 37.2 Å². The van der Waals surface area contributed by atoms with Crippen LogP contribution >= 0.6 is 11.6 Å². The van der Waals surface area contributed by atoms with Crippen molar-refractivity contribution < 1.29 is 0 Å². The quantitative estimate of drug-likeness (QED) is 0.849. The molecule has 0 aliphatic heterocycles. The standard InChI is InChI=1S/C17H24ClN3/c1-3-15-17(18)16(21(4-2)20-15)12-14(19)11-10-13-8-6-5-7-9-13/h5-9,14H,3-4,10-12,19H2,1-2H3. The van der Waals surface area contributed by atoms with Crippen LogP contribution in [0.2, 0.25) is 5.02 Å². The van der Waals surface area contributed by atoms with Crippen LogP contribution in [0.15, 0.2) is 30.3 Å². The lowest BCUT2D eigenvalue weighted by molar-refractivity contribution is 0.553. The van der Waals surface area contributed by atoms with Crippen molar-refractivity contribution in [2.75, 3.05) is 0 Å². The van der Waals surface area contributed by atoms with Gasteiger partial charge in [0.15, 0.2) is 0 Å². The zero-order chi connectivity index (χ0) is 15.2. The molecule has 1 aromatic heterocycles. The van der Waals surface area contributed by atoms with Gasteiger partial charge >= 0.3 is 0 Å². The van der Waals surface area contributed by atoms with Gasteiger partial charge < -0.3 is 5.73 Å². The molecule has 0 saturated heterocycles. The lowest BCUT2D eigenvalue weighted by Crippen LogP contribution is -2.25. The third-order valence-corrected chi connectivity index (χ3v) is 4.23. The first-order valence-corrected chi connectivity index (χ1v) is 8.07. The van der Waals surface area contributed by atoms with Gasteiger partial charge in [0, 0.05) is 19.0 Å². The Hall–Kier alpha value is -1.32. The first-order chi connectivity index (χ1) is 10.2. The largest absolute Gasteiger partial charge is 0.327 e. The summed E-state index contributed by atoms with van der Waals surface area (Å²) in [6.07, 6.45) is 3.60. The number of hydrogen-bond donors (Lipinski definition) is 1. The third kappa shape index (κ3) is 4.08. The van der Waals surface area contributed by atoms with Gasteiger partial charge in [-0.15, -0.1) is 0 Å². The molecule has 0 spiro atoms. The molecule has 1 heterocycles. The Balaban J connectivity index is 1.99. The van der Waals surface area contributed by atoms with Gasteiger partial charge in [-0.1, -0.05) is 48.9 Å². The Bertz CT molecular complexity index is 563. The summed E-state index contributed by atoms with van der Waals surface area (Å²) in [6.45, 7) is 5.00. The maximum atomic E-state index is 6.43. The number of benzene rings is 1. The number of aryl methyl sites for hydroxylation is 3. The molecule has 4 heteroatoms. The maximum Gasteiger partial charge on any atom is 0.0850 e. The lowest BCUT2D eigenvalue weighted by atomic mass is 10.0. The van der Waals surface area contributed by atoms with Crippen molar-refractivity contribution in [1.29, 1.82) is 0 Å². The van der Waals surface area contributed by atoms with Crippen LogP contribution < -0.4 is 5.73 Å². The molecule has 0 aliphatic carbocycles. The molecule has 0 bridgehead atoms. The molecule has 3 nitrogen and oxygen atoms in total. The minimum atomic E-state index is 0.106. The molecule has 21 heavy (non-hydrogen) atoms. The zero-order valence-electron chi connectivity index (χ0n) is 12.8.